The summed E-state index contributed by atoms with van der Waals surface area (Å²) in [6.07, 6.45) is 6.57. The van der Waals surface area contributed by atoms with Crippen molar-refractivity contribution in [3.05, 3.63) is 34.4 Å². The van der Waals surface area contributed by atoms with Crippen LogP contribution in [0.3, 0.4) is 0 Å². The number of nitro benzene ring substituents is 1. The molecule has 1 aromatic rings. The highest BCUT2D eigenvalue weighted by molar-refractivity contribution is 14.0. The molecular weight excluding hydrogens is 471 g/mol. The Bertz CT molecular complexity index is 666. The number of guanidine groups is 1. The van der Waals surface area contributed by atoms with Crippen LogP contribution in [0.1, 0.15) is 32.1 Å². The molecule has 1 heterocycles. The van der Waals surface area contributed by atoms with Crippen molar-refractivity contribution in [2.45, 2.75) is 44.2 Å². The lowest BCUT2D eigenvalue weighted by Crippen LogP contribution is -2.46. The number of para-hydroxylation sites is 2. The van der Waals surface area contributed by atoms with Gasteiger partial charge in [0.1, 0.15) is 5.69 Å². The minimum atomic E-state index is -0.369. The largest absolute Gasteiger partial charge is 0.378 e. The molecule has 28 heavy (non-hydrogen) atoms. The number of nitrogens with zero attached hydrogens (tertiary/aromatic N) is 3. The molecule has 3 N–H and O–H groups in total. The number of hydrogen-bond donors (Lipinski definition) is 3. The number of likely N-dealkylation sites (tertiary alicyclic amines) is 1. The van der Waals surface area contributed by atoms with Gasteiger partial charge < -0.3 is 16.0 Å². The maximum Gasteiger partial charge on any atom is 0.292 e. The second-order valence-corrected chi connectivity index (χ2v) is 7.26. The summed E-state index contributed by atoms with van der Waals surface area (Å²) in [6.45, 7) is 3.45. The normalized spacial score (nSPS) is 20.6. The lowest BCUT2D eigenvalue weighted by molar-refractivity contribution is -0.384. The maximum atomic E-state index is 11.0. The summed E-state index contributed by atoms with van der Waals surface area (Å²) in [5.74, 6) is 0.789. The molecule has 0 bridgehead atoms. The van der Waals surface area contributed by atoms with E-state index >= 15 is 0 Å². The van der Waals surface area contributed by atoms with Gasteiger partial charge in [-0.25, -0.2) is 0 Å². The number of halogens is 1. The van der Waals surface area contributed by atoms with E-state index in [1.54, 1.807) is 25.2 Å². The smallest absolute Gasteiger partial charge is 0.292 e. The molecule has 1 saturated carbocycles. The van der Waals surface area contributed by atoms with E-state index in [2.05, 4.69) is 25.8 Å². The maximum absolute atomic E-state index is 11.0. The molecule has 0 spiro atoms. The molecule has 1 unspecified atom stereocenters. The van der Waals surface area contributed by atoms with Crippen LogP contribution in [-0.4, -0.2) is 61.1 Å². The van der Waals surface area contributed by atoms with Crippen molar-refractivity contribution in [1.29, 1.82) is 0 Å². The molecule has 2 fully saturated rings. The Labute approximate surface area is 183 Å². The van der Waals surface area contributed by atoms with Crippen molar-refractivity contribution >= 4 is 41.3 Å². The van der Waals surface area contributed by atoms with Crippen molar-refractivity contribution < 1.29 is 4.92 Å². The summed E-state index contributed by atoms with van der Waals surface area (Å²) in [6, 6.07) is 7.90. The van der Waals surface area contributed by atoms with Crippen LogP contribution in [-0.2, 0) is 0 Å². The molecule has 9 heteroatoms. The molecule has 0 aromatic heterocycles. The lowest BCUT2D eigenvalue weighted by atomic mass is 10.2. The van der Waals surface area contributed by atoms with Crippen molar-refractivity contribution in [3.63, 3.8) is 0 Å². The van der Waals surface area contributed by atoms with Gasteiger partial charge in [0.15, 0.2) is 5.96 Å². The third-order valence-corrected chi connectivity index (χ3v) is 5.46. The van der Waals surface area contributed by atoms with Crippen LogP contribution in [0.5, 0.6) is 0 Å². The molecule has 0 amide bonds. The molecule has 1 aromatic carbocycles. The first-order valence-corrected chi connectivity index (χ1v) is 9.86. The van der Waals surface area contributed by atoms with Crippen LogP contribution in [0.15, 0.2) is 29.3 Å². The fraction of sp³-hybridized carbons (Fsp3) is 0.632. The highest BCUT2D eigenvalue weighted by atomic mass is 127. The molecule has 1 aliphatic heterocycles. The zero-order valence-electron chi connectivity index (χ0n) is 16.4. The first kappa shape index (κ1) is 22.7. The molecule has 3 rings (SSSR count). The molecule has 156 valence electrons. The minimum absolute atomic E-state index is 0. The average Bonchev–Trinajstić information content (AvgIpc) is 3.36. The van der Waals surface area contributed by atoms with E-state index < -0.39 is 0 Å². The van der Waals surface area contributed by atoms with E-state index in [1.165, 1.54) is 38.3 Å². The molecule has 0 radical (unpaired) electrons. The van der Waals surface area contributed by atoms with Crippen molar-refractivity contribution in [1.82, 2.24) is 15.5 Å². The predicted octanol–water partition coefficient (Wildman–Crippen LogP) is 2.81. The van der Waals surface area contributed by atoms with Crippen LogP contribution in [0.25, 0.3) is 0 Å². The number of aliphatic imine (C=N–C) groups is 1. The van der Waals surface area contributed by atoms with E-state index in [-0.39, 0.29) is 34.6 Å². The summed E-state index contributed by atoms with van der Waals surface area (Å²) >= 11 is 0. The second-order valence-electron chi connectivity index (χ2n) is 7.26. The fourth-order valence-corrected chi connectivity index (χ4v) is 4.05. The topological polar surface area (TPSA) is 94.8 Å². The zero-order valence-corrected chi connectivity index (χ0v) is 18.7. The Hall–Kier alpha value is -1.62. The Kier molecular flexibility index (Phi) is 9.23. The van der Waals surface area contributed by atoms with Gasteiger partial charge in [0.25, 0.3) is 5.69 Å². The van der Waals surface area contributed by atoms with Gasteiger partial charge in [0.05, 0.1) is 4.92 Å². The van der Waals surface area contributed by atoms with Gasteiger partial charge in [-0.3, -0.25) is 20.0 Å². The Balaban J connectivity index is 0.00000280. The molecule has 1 aliphatic carbocycles. The molecule has 1 atom stereocenters. The number of benzene rings is 1. The van der Waals surface area contributed by atoms with Crippen molar-refractivity contribution in [2.75, 3.05) is 38.5 Å². The van der Waals surface area contributed by atoms with E-state index in [0.717, 1.165) is 25.0 Å². The highest BCUT2D eigenvalue weighted by Gasteiger charge is 2.30. The van der Waals surface area contributed by atoms with Gasteiger partial charge in [0.2, 0.25) is 0 Å². The Morgan fingerprint density at radius 1 is 1.25 bits per heavy atom. The lowest BCUT2D eigenvalue weighted by Gasteiger charge is -2.24. The monoisotopic (exact) mass is 502 g/mol. The van der Waals surface area contributed by atoms with Crippen LogP contribution in [0.4, 0.5) is 11.4 Å². The van der Waals surface area contributed by atoms with Gasteiger partial charge in [0, 0.05) is 51.4 Å². The third kappa shape index (κ3) is 6.20. The minimum Gasteiger partial charge on any atom is -0.378 e. The van der Waals surface area contributed by atoms with E-state index in [0.29, 0.717) is 24.8 Å². The number of rotatable bonds is 7. The molecular formula is C19H31IN6O2. The summed E-state index contributed by atoms with van der Waals surface area (Å²) in [5.41, 5.74) is 0.633. The van der Waals surface area contributed by atoms with Gasteiger partial charge >= 0.3 is 0 Å². The molecule has 2 aliphatic rings. The Morgan fingerprint density at radius 3 is 2.71 bits per heavy atom. The highest BCUT2D eigenvalue weighted by Crippen LogP contribution is 2.26. The van der Waals surface area contributed by atoms with Crippen molar-refractivity contribution in [3.8, 4) is 0 Å². The van der Waals surface area contributed by atoms with Gasteiger partial charge in [-0.2, -0.15) is 0 Å². The Morgan fingerprint density at radius 2 is 2.00 bits per heavy atom. The average molecular weight is 502 g/mol. The van der Waals surface area contributed by atoms with Gasteiger partial charge in [-0.15, -0.1) is 24.0 Å². The van der Waals surface area contributed by atoms with Gasteiger partial charge in [-0.05, 0) is 25.3 Å². The number of nitrogens with one attached hydrogen (secondary N) is 3. The van der Waals surface area contributed by atoms with Crippen LogP contribution >= 0.6 is 24.0 Å². The molecule has 8 nitrogen and oxygen atoms in total. The number of anilines is 1. The fourth-order valence-electron chi connectivity index (χ4n) is 4.05. The summed E-state index contributed by atoms with van der Waals surface area (Å²) in [4.78, 5) is 17.6. The first-order valence-electron chi connectivity index (χ1n) is 9.86. The summed E-state index contributed by atoms with van der Waals surface area (Å²) in [5, 5.41) is 21.0. The second kappa shape index (κ2) is 11.4. The third-order valence-electron chi connectivity index (χ3n) is 5.46. The van der Waals surface area contributed by atoms with Crippen LogP contribution < -0.4 is 16.0 Å². The van der Waals surface area contributed by atoms with Crippen LogP contribution in [0.2, 0.25) is 0 Å². The summed E-state index contributed by atoms with van der Waals surface area (Å²) < 4.78 is 0. The standard InChI is InChI=1S/C19H30N6O2.HI/c1-20-19(23-15-10-13-24(14-15)16-6-2-3-7-16)22-12-11-21-17-8-4-5-9-18(17)25(26)27;/h4-5,8-9,15-16,21H,2-3,6-7,10-14H2,1H3,(H2,20,22,23);1H. The van der Waals surface area contributed by atoms with E-state index in [1.807, 2.05) is 0 Å². The SMILES string of the molecule is CN=C(NCCNc1ccccc1[N+](=O)[O-])NC1CCN(C2CCCC2)C1.I. The van der Waals surface area contributed by atoms with Crippen molar-refractivity contribution in [2.24, 2.45) is 4.99 Å². The number of hydrogen-bond acceptors (Lipinski definition) is 5. The number of nitro groups is 1. The summed E-state index contributed by atoms with van der Waals surface area (Å²) in [7, 11) is 1.77. The molecule has 1 saturated heterocycles. The van der Waals surface area contributed by atoms with E-state index in [4.69, 9.17) is 0 Å². The van der Waals surface area contributed by atoms with E-state index in [9.17, 15) is 10.1 Å². The van der Waals surface area contributed by atoms with Crippen LogP contribution in [0, 0.1) is 10.1 Å². The predicted molar refractivity (Wildman–Crippen MR) is 124 cm³/mol. The first-order chi connectivity index (χ1) is 13.2. The van der Waals surface area contributed by atoms with Gasteiger partial charge in [-0.1, -0.05) is 25.0 Å². The quantitative estimate of drug-likeness (QED) is 0.133. The zero-order chi connectivity index (χ0) is 19.1.